The van der Waals surface area contributed by atoms with E-state index in [1.165, 1.54) is 12.1 Å². The van der Waals surface area contributed by atoms with Gasteiger partial charge in [-0.3, -0.25) is 9.59 Å². The Bertz CT molecular complexity index is 1170. The number of carbonyl (C=O) groups excluding carboxylic acids is 2. The lowest BCUT2D eigenvalue weighted by molar-refractivity contribution is -0.271. The third-order valence-electron chi connectivity index (χ3n) is 7.70. The number of hydrogen-bond donors (Lipinski definition) is 1. The number of ether oxygens (including phenoxy) is 1. The van der Waals surface area contributed by atoms with E-state index in [0.717, 1.165) is 10.5 Å². The van der Waals surface area contributed by atoms with E-state index in [-0.39, 0.29) is 50.7 Å². The van der Waals surface area contributed by atoms with E-state index in [1.807, 2.05) is 0 Å². The summed E-state index contributed by atoms with van der Waals surface area (Å²) in [6.07, 6.45) is -9.58. The van der Waals surface area contributed by atoms with Gasteiger partial charge in [0.25, 0.3) is 11.5 Å². The molecule has 2 aromatic rings. The summed E-state index contributed by atoms with van der Waals surface area (Å²) in [5.74, 6) is -2.35. The van der Waals surface area contributed by atoms with E-state index in [9.17, 15) is 40.3 Å². The average molecular weight is 546 g/mol. The van der Waals surface area contributed by atoms with Gasteiger partial charge >= 0.3 is 12.4 Å². The van der Waals surface area contributed by atoms with Crippen LogP contribution in [-0.2, 0) is 26.1 Å². The fraction of sp³-hybridized carbons (Fsp3) is 0.462. The van der Waals surface area contributed by atoms with Gasteiger partial charge in [-0.15, -0.1) is 0 Å². The molecule has 1 N–H and O–H groups in total. The zero-order valence-corrected chi connectivity index (χ0v) is 20.3. The Morgan fingerprint density at radius 2 is 1.50 bits per heavy atom. The van der Waals surface area contributed by atoms with E-state index in [4.69, 9.17) is 4.74 Å². The summed E-state index contributed by atoms with van der Waals surface area (Å²) < 4.78 is 101. The van der Waals surface area contributed by atoms with Crippen molar-refractivity contribution in [1.29, 1.82) is 0 Å². The molecule has 0 aliphatic carbocycles. The van der Waals surface area contributed by atoms with Crippen LogP contribution in [0.4, 0.5) is 30.7 Å². The van der Waals surface area contributed by atoms with E-state index >= 15 is 0 Å². The molecule has 5 nitrogen and oxygen atoms in total. The topological polar surface area (TPSA) is 58.6 Å². The molecule has 2 aliphatic rings. The van der Waals surface area contributed by atoms with Crippen LogP contribution in [0.1, 0.15) is 41.9 Å². The second kappa shape index (κ2) is 9.87. The van der Waals surface area contributed by atoms with Gasteiger partial charge in [-0.25, -0.2) is 4.39 Å². The zero-order valence-electron chi connectivity index (χ0n) is 20.3. The van der Waals surface area contributed by atoms with Crippen molar-refractivity contribution >= 4 is 11.8 Å². The normalized spacial score (nSPS) is 21.6. The Hall–Kier alpha value is -3.15. The molecule has 2 heterocycles. The summed E-state index contributed by atoms with van der Waals surface area (Å²) in [6.45, 7) is -0.00814. The fourth-order valence-corrected chi connectivity index (χ4v) is 5.63. The van der Waals surface area contributed by atoms with Gasteiger partial charge in [-0.05, 0) is 48.1 Å². The predicted molar refractivity (Wildman–Crippen MR) is 121 cm³/mol. The number of nitrogens with zero attached hydrogens (tertiary/aromatic N) is 1. The lowest BCUT2D eigenvalue weighted by atomic mass is 9.62. The van der Waals surface area contributed by atoms with Crippen LogP contribution in [0, 0.1) is 11.2 Å². The number of benzene rings is 2. The minimum atomic E-state index is -5.28. The molecule has 12 heteroatoms. The van der Waals surface area contributed by atoms with Crippen molar-refractivity contribution in [2.75, 3.05) is 26.7 Å². The van der Waals surface area contributed by atoms with Crippen molar-refractivity contribution in [3.63, 3.8) is 0 Å². The molecule has 2 aliphatic heterocycles. The van der Waals surface area contributed by atoms with Gasteiger partial charge < -0.3 is 15.0 Å². The predicted octanol–water partition coefficient (Wildman–Crippen LogP) is 5.16. The third kappa shape index (κ3) is 4.85. The number of methoxy groups -OCH3 is 1. The summed E-state index contributed by atoms with van der Waals surface area (Å²) in [7, 11) is 0.685. The second-order valence-electron chi connectivity index (χ2n) is 9.70. The van der Waals surface area contributed by atoms with Crippen molar-refractivity contribution in [3.8, 4) is 0 Å². The number of amides is 2. The zero-order chi connectivity index (χ0) is 27.9. The molecule has 0 aromatic heterocycles. The van der Waals surface area contributed by atoms with Gasteiger partial charge in [-0.2, -0.15) is 26.3 Å². The van der Waals surface area contributed by atoms with Crippen LogP contribution in [0.25, 0.3) is 0 Å². The summed E-state index contributed by atoms with van der Waals surface area (Å²) >= 11 is 0. The van der Waals surface area contributed by atoms with Crippen molar-refractivity contribution in [3.05, 3.63) is 71.0 Å². The Kier molecular flexibility index (Phi) is 7.24. The van der Waals surface area contributed by atoms with Gasteiger partial charge in [0.15, 0.2) is 0 Å². The fourth-order valence-electron chi connectivity index (χ4n) is 5.63. The molecule has 2 aromatic carbocycles. The lowest BCUT2D eigenvalue weighted by Crippen LogP contribution is -2.60. The largest absolute Gasteiger partial charge is 0.430 e. The average Bonchev–Trinajstić information content (AvgIpc) is 2.85. The van der Waals surface area contributed by atoms with Crippen LogP contribution in [0.5, 0.6) is 0 Å². The molecular formula is C26H25F7N2O3. The molecule has 206 valence electrons. The lowest BCUT2D eigenvalue weighted by Gasteiger charge is -2.50. The summed E-state index contributed by atoms with van der Waals surface area (Å²) in [5, 5.41) is 2.78. The van der Waals surface area contributed by atoms with E-state index < -0.39 is 46.2 Å². The van der Waals surface area contributed by atoms with Crippen LogP contribution in [0.15, 0.2) is 48.5 Å². The smallest absolute Gasteiger partial charge is 0.356 e. The number of nitrogens with one attached hydrogen (secondary N) is 1. The van der Waals surface area contributed by atoms with Gasteiger partial charge in [-0.1, -0.05) is 24.3 Å². The highest BCUT2D eigenvalue weighted by molar-refractivity contribution is 5.88. The highest BCUT2D eigenvalue weighted by atomic mass is 19.4. The van der Waals surface area contributed by atoms with Crippen molar-refractivity contribution in [2.45, 2.75) is 43.1 Å². The first-order valence-corrected chi connectivity index (χ1v) is 11.8. The number of hydrogen-bond acceptors (Lipinski definition) is 3. The van der Waals surface area contributed by atoms with Gasteiger partial charge in [0, 0.05) is 44.6 Å². The highest BCUT2D eigenvalue weighted by Crippen LogP contribution is 2.50. The van der Waals surface area contributed by atoms with E-state index in [0.29, 0.717) is 31.4 Å². The molecule has 1 spiro atoms. The molecule has 2 saturated heterocycles. The standard InChI is InChI=1S/C26H25F7N2O3/c1-38-24(26(31,32)33,17-4-6-18(7-5-17)25(28,29)30)22(37)35-12-10-23(11-13-35)14-21(36)34-15-20(23)16-2-8-19(27)9-3-16/h2-9,20H,10-15H2,1H3,(H,34,36)/t20-,24+/m0/s1. The molecule has 4 rings (SSSR count). The SMILES string of the molecule is CO[C@@](C(=O)N1CCC2(CC1)CC(=O)NC[C@H]2c1ccc(F)cc1)(c1ccc(C(F)(F)F)cc1)C(F)(F)F. The minimum Gasteiger partial charge on any atom is -0.356 e. The quantitative estimate of drug-likeness (QED) is 0.539. The maximum absolute atomic E-state index is 14.4. The number of carbonyl (C=O) groups is 2. The molecule has 38 heavy (non-hydrogen) atoms. The molecule has 2 atom stereocenters. The Morgan fingerprint density at radius 1 is 0.947 bits per heavy atom. The van der Waals surface area contributed by atoms with E-state index in [2.05, 4.69) is 5.32 Å². The Labute approximate surface area is 213 Å². The number of rotatable bonds is 4. The van der Waals surface area contributed by atoms with Crippen LogP contribution in [0.2, 0.25) is 0 Å². The summed E-state index contributed by atoms with van der Waals surface area (Å²) in [5.41, 5.74) is -5.35. The minimum absolute atomic E-state index is 0.0880. The van der Waals surface area contributed by atoms with Crippen LogP contribution < -0.4 is 5.32 Å². The maximum atomic E-state index is 14.4. The molecule has 0 radical (unpaired) electrons. The molecule has 0 unspecified atom stereocenters. The number of likely N-dealkylation sites (tertiary alicyclic amines) is 1. The number of piperidine rings is 2. The van der Waals surface area contributed by atoms with Crippen molar-refractivity contribution < 1.29 is 45.1 Å². The number of alkyl halides is 6. The van der Waals surface area contributed by atoms with Crippen LogP contribution in [0.3, 0.4) is 0 Å². The summed E-state index contributed by atoms with van der Waals surface area (Å²) in [4.78, 5) is 26.7. The van der Waals surface area contributed by atoms with Crippen LogP contribution in [-0.4, -0.2) is 49.6 Å². The molecule has 2 fully saturated rings. The second-order valence-corrected chi connectivity index (χ2v) is 9.70. The van der Waals surface area contributed by atoms with Gasteiger partial charge in [0.2, 0.25) is 5.91 Å². The third-order valence-corrected chi connectivity index (χ3v) is 7.70. The van der Waals surface area contributed by atoms with Crippen LogP contribution >= 0.6 is 0 Å². The first-order chi connectivity index (χ1) is 17.7. The Morgan fingerprint density at radius 3 is 2.00 bits per heavy atom. The first-order valence-electron chi connectivity index (χ1n) is 11.8. The molecule has 2 amide bonds. The van der Waals surface area contributed by atoms with Crippen molar-refractivity contribution in [1.82, 2.24) is 10.2 Å². The number of halogens is 7. The van der Waals surface area contributed by atoms with Crippen molar-refractivity contribution in [2.24, 2.45) is 5.41 Å². The molecule has 0 bridgehead atoms. The molecular weight excluding hydrogens is 521 g/mol. The van der Waals surface area contributed by atoms with Gasteiger partial charge in [0.05, 0.1) is 5.56 Å². The van der Waals surface area contributed by atoms with Gasteiger partial charge in [0.1, 0.15) is 5.82 Å². The maximum Gasteiger partial charge on any atom is 0.430 e. The monoisotopic (exact) mass is 546 g/mol. The summed E-state index contributed by atoms with van der Waals surface area (Å²) in [6, 6.07) is 7.92. The Balaban J connectivity index is 1.63. The highest BCUT2D eigenvalue weighted by Gasteiger charge is 2.64. The first kappa shape index (κ1) is 27.9. The molecule has 0 saturated carbocycles. The van der Waals surface area contributed by atoms with E-state index in [1.54, 1.807) is 12.1 Å².